The Balaban J connectivity index is 2.23. The second-order valence-electron chi connectivity index (χ2n) is 2.88. The lowest BCUT2D eigenvalue weighted by Crippen LogP contribution is -2.53. The molecule has 0 aromatic rings. The minimum atomic E-state index is -0.133. The molecule has 2 rings (SSSR count). The van der Waals surface area contributed by atoms with E-state index in [4.69, 9.17) is 10.5 Å². The summed E-state index contributed by atoms with van der Waals surface area (Å²) in [4.78, 5) is 4.21. The quantitative estimate of drug-likeness (QED) is 0.496. The first-order valence-corrected chi connectivity index (χ1v) is 3.64. The van der Waals surface area contributed by atoms with Crippen molar-refractivity contribution < 1.29 is 4.74 Å². The van der Waals surface area contributed by atoms with Gasteiger partial charge in [0.2, 0.25) is 0 Å². The first-order chi connectivity index (χ1) is 5.29. The number of fused-ring (bicyclic) bond motifs is 1. The molecule has 0 saturated heterocycles. The van der Waals surface area contributed by atoms with Gasteiger partial charge in [-0.2, -0.15) is 0 Å². The highest BCUT2D eigenvalue weighted by molar-refractivity contribution is 5.57. The lowest BCUT2D eigenvalue weighted by atomic mass is 10.0. The van der Waals surface area contributed by atoms with Crippen LogP contribution in [-0.2, 0) is 4.74 Å². The molecule has 2 aliphatic heterocycles. The van der Waals surface area contributed by atoms with Gasteiger partial charge in [0.15, 0.2) is 6.10 Å². The highest BCUT2D eigenvalue weighted by atomic mass is 16.5. The van der Waals surface area contributed by atoms with Crippen LogP contribution in [0.4, 0.5) is 0 Å². The number of aliphatic imine (C=N–C) groups is 1. The SMILES string of the molecule is CC1=COC2C(N)NC=NC12. The van der Waals surface area contributed by atoms with E-state index in [0.29, 0.717) is 0 Å². The molecule has 3 unspecified atom stereocenters. The van der Waals surface area contributed by atoms with Crippen molar-refractivity contribution in [1.82, 2.24) is 5.32 Å². The third-order valence-electron chi connectivity index (χ3n) is 2.04. The molecule has 2 heterocycles. The predicted octanol–water partition coefficient (Wildman–Crippen LogP) is -0.426. The summed E-state index contributed by atoms with van der Waals surface area (Å²) in [6.45, 7) is 2.00. The van der Waals surface area contributed by atoms with Crippen molar-refractivity contribution in [1.29, 1.82) is 0 Å². The standard InChI is InChI=1S/C7H11N3O/c1-4-2-11-6-5(4)9-3-10-7(6)8/h2-3,5-7H,8H2,1H3,(H,9,10). The van der Waals surface area contributed by atoms with Gasteiger partial charge in [0.25, 0.3) is 0 Å². The Kier molecular flexibility index (Phi) is 1.35. The average molecular weight is 153 g/mol. The van der Waals surface area contributed by atoms with E-state index in [1.807, 2.05) is 6.92 Å². The molecule has 0 amide bonds. The third kappa shape index (κ3) is 0.903. The molecule has 3 atom stereocenters. The fourth-order valence-electron chi connectivity index (χ4n) is 1.38. The van der Waals surface area contributed by atoms with Crippen molar-refractivity contribution >= 4 is 6.34 Å². The van der Waals surface area contributed by atoms with E-state index in [1.165, 1.54) is 0 Å². The van der Waals surface area contributed by atoms with Gasteiger partial charge in [0.05, 0.1) is 12.6 Å². The van der Waals surface area contributed by atoms with E-state index in [9.17, 15) is 0 Å². The molecule has 0 aromatic carbocycles. The fraction of sp³-hybridized carbons (Fsp3) is 0.571. The smallest absolute Gasteiger partial charge is 0.157 e. The van der Waals surface area contributed by atoms with Gasteiger partial charge >= 0.3 is 0 Å². The average Bonchev–Trinajstić information content (AvgIpc) is 2.35. The Hall–Kier alpha value is -1.03. The molecule has 3 N–H and O–H groups in total. The van der Waals surface area contributed by atoms with E-state index in [0.717, 1.165) is 5.57 Å². The third-order valence-corrected chi connectivity index (χ3v) is 2.04. The Labute approximate surface area is 65.1 Å². The van der Waals surface area contributed by atoms with Gasteiger partial charge in [-0.25, -0.2) is 0 Å². The number of hydrogen-bond donors (Lipinski definition) is 2. The van der Waals surface area contributed by atoms with Crippen molar-refractivity contribution in [3.05, 3.63) is 11.8 Å². The van der Waals surface area contributed by atoms with Gasteiger partial charge in [0.1, 0.15) is 12.2 Å². The van der Waals surface area contributed by atoms with Crippen LogP contribution >= 0.6 is 0 Å². The van der Waals surface area contributed by atoms with Crippen LogP contribution in [0.2, 0.25) is 0 Å². The maximum Gasteiger partial charge on any atom is 0.157 e. The summed E-state index contributed by atoms with van der Waals surface area (Å²) in [6, 6.07) is 0.131. The van der Waals surface area contributed by atoms with E-state index in [2.05, 4.69) is 10.3 Å². The summed E-state index contributed by atoms with van der Waals surface area (Å²) in [6.07, 6.45) is 3.24. The Morgan fingerprint density at radius 3 is 3.27 bits per heavy atom. The first kappa shape index (κ1) is 6.67. The second-order valence-corrected chi connectivity index (χ2v) is 2.88. The Bertz CT molecular complexity index is 224. The van der Waals surface area contributed by atoms with Gasteiger partial charge in [0, 0.05) is 0 Å². The van der Waals surface area contributed by atoms with Crippen LogP contribution in [0.5, 0.6) is 0 Å². The Morgan fingerprint density at radius 1 is 1.73 bits per heavy atom. The molecule has 0 aliphatic carbocycles. The van der Waals surface area contributed by atoms with Gasteiger partial charge < -0.3 is 15.8 Å². The predicted molar refractivity (Wildman–Crippen MR) is 42.0 cm³/mol. The van der Waals surface area contributed by atoms with Crippen LogP contribution in [0.25, 0.3) is 0 Å². The van der Waals surface area contributed by atoms with E-state index in [1.54, 1.807) is 12.6 Å². The van der Waals surface area contributed by atoms with Crippen LogP contribution in [0.1, 0.15) is 6.92 Å². The molecule has 0 saturated carbocycles. The molecule has 0 fully saturated rings. The zero-order chi connectivity index (χ0) is 7.84. The van der Waals surface area contributed by atoms with E-state index in [-0.39, 0.29) is 18.3 Å². The van der Waals surface area contributed by atoms with Crippen molar-refractivity contribution in [2.24, 2.45) is 10.7 Å². The largest absolute Gasteiger partial charge is 0.492 e. The summed E-state index contributed by atoms with van der Waals surface area (Å²) in [7, 11) is 0. The summed E-state index contributed by atoms with van der Waals surface area (Å²) in [5.74, 6) is 0. The minimum Gasteiger partial charge on any atom is -0.492 e. The van der Waals surface area contributed by atoms with Gasteiger partial charge in [-0.3, -0.25) is 4.99 Å². The van der Waals surface area contributed by atoms with Gasteiger partial charge in [-0.1, -0.05) is 0 Å². The lowest BCUT2D eigenvalue weighted by Gasteiger charge is -2.27. The summed E-state index contributed by atoms with van der Waals surface area (Å²) < 4.78 is 5.32. The van der Waals surface area contributed by atoms with Crippen LogP contribution in [-0.4, -0.2) is 24.7 Å². The monoisotopic (exact) mass is 153 g/mol. The second kappa shape index (κ2) is 2.23. The van der Waals surface area contributed by atoms with Crippen molar-refractivity contribution in [3.8, 4) is 0 Å². The number of hydrogen-bond acceptors (Lipinski definition) is 4. The molecule has 0 aromatic heterocycles. The molecule has 2 aliphatic rings. The molecule has 0 spiro atoms. The zero-order valence-corrected chi connectivity index (χ0v) is 6.32. The van der Waals surface area contributed by atoms with Gasteiger partial charge in [-0.15, -0.1) is 0 Å². The highest BCUT2D eigenvalue weighted by Crippen LogP contribution is 2.23. The number of nitrogens with one attached hydrogen (secondary N) is 1. The van der Waals surface area contributed by atoms with Crippen molar-refractivity contribution in [3.63, 3.8) is 0 Å². The van der Waals surface area contributed by atoms with Crippen LogP contribution in [0, 0.1) is 0 Å². The van der Waals surface area contributed by atoms with E-state index < -0.39 is 0 Å². The maximum atomic E-state index is 5.72. The van der Waals surface area contributed by atoms with Crippen LogP contribution in [0.15, 0.2) is 16.8 Å². The number of nitrogens with two attached hydrogens (primary N) is 1. The lowest BCUT2D eigenvalue weighted by molar-refractivity contribution is 0.120. The topological polar surface area (TPSA) is 59.6 Å². The van der Waals surface area contributed by atoms with Crippen molar-refractivity contribution in [2.45, 2.75) is 25.2 Å². The molecule has 60 valence electrons. The zero-order valence-electron chi connectivity index (χ0n) is 6.32. The van der Waals surface area contributed by atoms with E-state index >= 15 is 0 Å². The molecule has 0 radical (unpaired) electrons. The number of nitrogens with zero attached hydrogens (tertiary/aromatic N) is 1. The summed E-state index contributed by atoms with van der Waals surface area (Å²) >= 11 is 0. The van der Waals surface area contributed by atoms with Gasteiger partial charge in [-0.05, 0) is 12.5 Å². The molecule has 11 heavy (non-hydrogen) atoms. The molecule has 4 heteroatoms. The normalized spacial score (nSPS) is 40.5. The van der Waals surface area contributed by atoms with Crippen LogP contribution < -0.4 is 11.1 Å². The molecule has 0 bridgehead atoms. The molecule has 4 nitrogen and oxygen atoms in total. The summed E-state index contributed by atoms with van der Waals surface area (Å²) in [5.41, 5.74) is 6.86. The fourth-order valence-corrected chi connectivity index (χ4v) is 1.38. The molecular weight excluding hydrogens is 142 g/mol. The minimum absolute atomic E-state index is 0.0139. The summed E-state index contributed by atoms with van der Waals surface area (Å²) in [5, 5.41) is 2.90. The number of ether oxygens (including phenoxy) is 1. The Morgan fingerprint density at radius 2 is 2.55 bits per heavy atom. The molecular formula is C7H11N3O. The van der Waals surface area contributed by atoms with Crippen LogP contribution in [0.3, 0.4) is 0 Å². The maximum absolute atomic E-state index is 5.72. The highest BCUT2D eigenvalue weighted by Gasteiger charge is 2.35. The van der Waals surface area contributed by atoms with Crippen molar-refractivity contribution in [2.75, 3.05) is 0 Å². The first-order valence-electron chi connectivity index (χ1n) is 3.64. The number of rotatable bonds is 0.